The summed E-state index contributed by atoms with van der Waals surface area (Å²) in [6, 6.07) is 13.9. The third-order valence-corrected chi connectivity index (χ3v) is 7.30. The molecule has 0 spiro atoms. The van der Waals surface area contributed by atoms with Crippen LogP contribution in [-0.4, -0.2) is 71.1 Å². The molecule has 1 saturated heterocycles. The van der Waals surface area contributed by atoms with E-state index in [-0.39, 0.29) is 17.7 Å². The maximum atomic E-state index is 13.5. The smallest absolute Gasteiger partial charge is 0.257 e. The average Bonchev–Trinajstić information content (AvgIpc) is 3.53. The molecule has 4 aromatic rings. The zero-order chi connectivity index (χ0) is 25.4. The van der Waals surface area contributed by atoms with Gasteiger partial charge in [0.25, 0.3) is 5.91 Å². The first-order chi connectivity index (χ1) is 17.4. The number of likely N-dealkylation sites (tertiary alicyclic amines) is 1. The molecule has 36 heavy (non-hydrogen) atoms. The molecule has 0 bridgehead atoms. The van der Waals surface area contributed by atoms with E-state index in [9.17, 15) is 9.90 Å². The Morgan fingerprint density at radius 3 is 2.75 bits per heavy atom. The van der Waals surface area contributed by atoms with Crippen LogP contribution in [0.25, 0.3) is 33.3 Å². The summed E-state index contributed by atoms with van der Waals surface area (Å²) < 4.78 is 5.58. The number of H-pyrrole nitrogens is 1. The number of fused-ring (bicyclic) bond motifs is 1. The third kappa shape index (κ3) is 4.20. The quantitative estimate of drug-likeness (QED) is 0.405. The van der Waals surface area contributed by atoms with Crippen molar-refractivity contribution in [3.8, 4) is 33.8 Å². The van der Waals surface area contributed by atoms with Gasteiger partial charge in [-0.25, -0.2) is 4.98 Å². The second-order valence-corrected chi connectivity index (χ2v) is 9.53. The van der Waals surface area contributed by atoms with Gasteiger partial charge in [0.1, 0.15) is 17.1 Å². The topological polar surface area (TPSA) is 81.7 Å². The predicted octanol–water partition coefficient (Wildman–Crippen LogP) is 4.95. The van der Waals surface area contributed by atoms with Crippen LogP contribution in [0.2, 0.25) is 0 Å². The molecule has 2 aromatic heterocycles. The van der Waals surface area contributed by atoms with Crippen LogP contribution >= 0.6 is 0 Å². The van der Waals surface area contributed by atoms with Crippen molar-refractivity contribution in [2.45, 2.75) is 25.8 Å². The lowest BCUT2D eigenvalue weighted by molar-refractivity contribution is 0.0734. The number of aromatic nitrogens is 2. The summed E-state index contributed by atoms with van der Waals surface area (Å²) >= 11 is 0. The fourth-order valence-corrected chi connectivity index (χ4v) is 5.13. The molecule has 3 heterocycles. The Morgan fingerprint density at radius 1 is 1.22 bits per heavy atom. The molecule has 2 aromatic carbocycles. The highest BCUT2D eigenvalue weighted by Crippen LogP contribution is 2.37. The molecule has 186 valence electrons. The third-order valence-electron chi connectivity index (χ3n) is 7.30. The standard InChI is InChI=1S/C29H32N4O3/c1-5-18-12-19(13-24(27(18)34)29(35)33(3)21-10-11-32(2)17-21)20-14-23-25(16-31-28(23)30-15-20)22-8-6-7-9-26(22)36-4/h6-9,12-16,21,34H,5,10-11,17H2,1-4H3,(H,30,31). The minimum atomic E-state index is -0.158. The van der Waals surface area contributed by atoms with Gasteiger partial charge in [-0.3, -0.25) is 4.79 Å². The fraction of sp³-hybridized carbons (Fsp3) is 0.310. The molecule has 7 heteroatoms. The number of phenolic OH excluding ortho intramolecular Hbond substituents is 1. The van der Waals surface area contributed by atoms with Crippen LogP contribution in [0.3, 0.4) is 0 Å². The van der Waals surface area contributed by atoms with Gasteiger partial charge in [0.2, 0.25) is 0 Å². The van der Waals surface area contributed by atoms with Crippen molar-refractivity contribution in [3.05, 3.63) is 66.0 Å². The number of hydrogen-bond acceptors (Lipinski definition) is 5. The Balaban J connectivity index is 1.58. The zero-order valence-corrected chi connectivity index (χ0v) is 21.2. The zero-order valence-electron chi connectivity index (χ0n) is 21.2. The van der Waals surface area contributed by atoms with Gasteiger partial charge >= 0.3 is 0 Å². The van der Waals surface area contributed by atoms with Gasteiger partial charge < -0.3 is 24.6 Å². The largest absolute Gasteiger partial charge is 0.507 e. The summed E-state index contributed by atoms with van der Waals surface area (Å²) in [6.07, 6.45) is 5.29. The molecule has 7 nitrogen and oxygen atoms in total. The van der Waals surface area contributed by atoms with Crippen molar-refractivity contribution in [2.75, 3.05) is 34.3 Å². The highest BCUT2D eigenvalue weighted by molar-refractivity contribution is 6.00. The number of aromatic hydroxyl groups is 1. The molecule has 1 aliphatic heterocycles. The summed E-state index contributed by atoms with van der Waals surface area (Å²) in [7, 11) is 5.56. The van der Waals surface area contributed by atoms with Crippen LogP contribution < -0.4 is 4.74 Å². The molecule has 0 saturated carbocycles. The van der Waals surface area contributed by atoms with Crippen molar-refractivity contribution in [2.24, 2.45) is 0 Å². The number of methoxy groups -OCH3 is 1. The minimum Gasteiger partial charge on any atom is -0.507 e. The van der Waals surface area contributed by atoms with Crippen LogP contribution in [0.15, 0.2) is 54.9 Å². The van der Waals surface area contributed by atoms with Crippen molar-refractivity contribution in [3.63, 3.8) is 0 Å². The number of hydrogen-bond donors (Lipinski definition) is 2. The Hall–Kier alpha value is -3.84. The lowest BCUT2D eigenvalue weighted by Gasteiger charge is -2.25. The van der Waals surface area contributed by atoms with Crippen molar-refractivity contribution in [1.29, 1.82) is 0 Å². The second kappa shape index (κ2) is 9.66. The number of likely N-dealkylation sites (N-methyl/N-ethyl adjacent to an activating group) is 2. The molecule has 1 fully saturated rings. The normalized spacial score (nSPS) is 15.9. The first-order valence-electron chi connectivity index (χ1n) is 12.3. The Kier molecular flexibility index (Phi) is 6.41. The number of amides is 1. The van der Waals surface area contributed by atoms with Gasteiger partial charge in [0.15, 0.2) is 0 Å². The van der Waals surface area contributed by atoms with Crippen LogP contribution in [0.4, 0.5) is 0 Å². The van der Waals surface area contributed by atoms with E-state index in [2.05, 4.69) is 28.0 Å². The van der Waals surface area contributed by atoms with Crippen LogP contribution in [0.1, 0.15) is 29.3 Å². The van der Waals surface area contributed by atoms with E-state index in [1.807, 2.05) is 50.5 Å². The van der Waals surface area contributed by atoms with Gasteiger partial charge in [0, 0.05) is 54.1 Å². The number of carbonyl (C=O) groups excluding carboxylic acids is 1. The molecule has 1 atom stereocenters. The van der Waals surface area contributed by atoms with Crippen LogP contribution in [0.5, 0.6) is 11.5 Å². The number of pyridine rings is 1. The van der Waals surface area contributed by atoms with E-state index in [0.717, 1.165) is 64.1 Å². The van der Waals surface area contributed by atoms with Crippen LogP contribution in [0, 0.1) is 0 Å². The van der Waals surface area contributed by atoms with Gasteiger partial charge in [-0.2, -0.15) is 0 Å². The van der Waals surface area contributed by atoms with E-state index in [4.69, 9.17) is 4.74 Å². The number of rotatable bonds is 6. The number of aryl methyl sites for hydroxylation is 1. The summed E-state index contributed by atoms with van der Waals surface area (Å²) in [5.74, 6) is 0.694. The number of nitrogens with zero attached hydrogens (tertiary/aromatic N) is 3. The molecule has 5 rings (SSSR count). The maximum absolute atomic E-state index is 13.5. The summed E-state index contributed by atoms with van der Waals surface area (Å²) in [4.78, 5) is 25.4. The number of carbonyl (C=O) groups is 1. The Bertz CT molecular complexity index is 1430. The first-order valence-corrected chi connectivity index (χ1v) is 12.3. The second-order valence-electron chi connectivity index (χ2n) is 9.53. The van der Waals surface area contributed by atoms with E-state index < -0.39 is 0 Å². The highest BCUT2D eigenvalue weighted by Gasteiger charge is 2.29. The molecule has 0 aliphatic carbocycles. The van der Waals surface area contributed by atoms with Crippen LogP contribution in [-0.2, 0) is 6.42 Å². The SMILES string of the molecule is CCc1cc(-c2cnc3[nH]cc(-c4ccccc4OC)c3c2)cc(C(=O)N(C)C2CCN(C)C2)c1O. The number of para-hydroxylation sites is 1. The average molecular weight is 485 g/mol. The molecule has 1 amide bonds. The summed E-state index contributed by atoms with van der Waals surface area (Å²) in [5.41, 5.74) is 5.55. The monoisotopic (exact) mass is 484 g/mol. The number of benzene rings is 2. The first kappa shape index (κ1) is 23.9. The highest BCUT2D eigenvalue weighted by atomic mass is 16.5. The lowest BCUT2D eigenvalue weighted by atomic mass is 9.96. The van der Waals surface area contributed by atoms with Crippen molar-refractivity contribution >= 4 is 16.9 Å². The molecule has 1 unspecified atom stereocenters. The predicted molar refractivity (Wildman–Crippen MR) is 143 cm³/mol. The molecule has 1 aliphatic rings. The minimum absolute atomic E-state index is 0.0647. The number of phenols is 1. The van der Waals surface area contributed by atoms with E-state index in [1.165, 1.54) is 0 Å². The van der Waals surface area contributed by atoms with Gasteiger partial charge in [-0.1, -0.05) is 25.1 Å². The fourth-order valence-electron chi connectivity index (χ4n) is 5.13. The lowest BCUT2D eigenvalue weighted by Crippen LogP contribution is -2.38. The summed E-state index contributed by atoms with van der Waals surface area (Å²) in [5, 5.41) is 11.9. The number of ether oxygens (including phenoxy) is 1. The van der Waals surface area contributed by atoms with Crippen molar-refractivity contribution in [1.82, 2.24) is 19.8 Å². The molecular weight excluding hydrogens is 452 g/mol. The van der Waals surface area contributed by atoms with E-state index >= 15 is 0 Å². The van der Waals surface area contributed by atoms with Crippen molar-refractivity contribution < 1.29 is 14.6 Å². The number of nitrogens with one attached hydrogen (secondary N) is 1. The molecule has 2 N–H and O–H groups in total. The van der Waals surface area contributed by atoms with E-state index in [0.29, 0.717) is 12.0 Å². The number of aromatic amines is 1. The Labute approximate surface area is 211 Å². The summed E-state index contributed by atoms with van der Waals surface area (Å²) in [6.45, 7) is 3.78. The van der Waals surface area contributed by atoms with E-state index in [1.54, 1.807) is 24.3 Å². The molecular formula is C29H32N4O3. The maximum Gasteiger partial charge on any atom is 0.257 e. The van der Waals surface area contributed by atoms with Gasteiger partial charge in [-0.15, -0.1) is 0 Å². The molecule has 0 radical (unpaired) electrons. The van der Waals surface area contributed by atoms with Gasteiger partial charge in [0.05, 0.1) is 12.7 Å². The Morgan fingerprint density at radius 2 is 2.03 bits per heavy atom. The van der Waals surface area contributed by atoms with Gasteiger partial charge in [-0.05, 0) is 61.8 Å².